The summed E-state index contributed by atoms with van der Waals surface area (Å²) in [5.74, 6) is -0.154. The highest BCUT2D eigenvalue weighted by molar-refractivity contribution is 5.94. The van der Waals surface area contributed by atoms with Gasteiger partial charge in [0, 0.05) is 24.6 Å². The lowest BCUT2D eigenvalue weighted by Gasteiger charge is -2.39. The van der Waals surface area contributed by atoms with Crippen LogP contribution in [0.25, 0.3) is 0 Å². The Morgan fingerprint density at radius 3 is 2.65 bits per heavy atom. The van der Waals surface area contributed by atoms with E-state index in [1.807, 2.05) is 4.90 Å². The van der Waals surface area contributed by atoms with Gasteiger partial charge < -0.3 is 9.80 Å². The molecule has 20 heavy (non-hydrogen) atoms. The zero-order chi connectivity index (χ0) is 14.3. The van der Waals surface area contributed by atoms with E-state index in [0.29, 0.717) is 6.54 Å². The summed E-state index contributed by atoms with van der Waals surface area (Å²) in [5, 5.41) is 0. The van der Waals surface area contributed by atoms with Crippen LogP contribution in [0.3, 0.4) is 0 Å². The van der Waals surface area contributed by atoms with Gasteiger partial charge in [0.05, 0.1) is 0 Å². The number of hydrogen-bond donors (Lipinski definition) is 0. The van der Waals surface area contributed by atoms with Crippen molar-refractivity contribution in [3.05, 3.63) is 29.6 Å². The lowest BCUT2D eigenvalue weighted by molar-refractivity contribution is -0.116. The highest BCUT2D eigenvalue weighted by Gasteiger charge is 2.45. The standard InChI is InChI=1S/C16H21FN2O/c1-3-18-8-6-16(7-9-18)11-19(12(2)20)15-5-4-13(17)10-14(15)16/h4-5,10H,3,6-9,11H2,1-2H3. The van der Waals surface area contributed by atoms with Crippen LogP contribution in [0.15, 0.2) is 18.2 Å². The largest absolute Gasteiger partial charge is 0.311 e. The number of anilines is 1. The molecule has 2 aliphatic rings. The molecule has 3 rings (SSSR count). The van der Waals surface area contributed by atoms with Gasteiger partial charge in [0.1, 0.15) is 5.82 Å². The minimum absolute atomic E-state index is 0.0469. The SMILES string of the molecule is CCN1CCC2(CC1)CN(C(C)=O)c1ccc(F)cc12. The molecule has 0 atom stereocenters. The first-order chi connectivity index (χ1) is 9.55. The van der Waals surface area contributed by atoms with Crippen LogP contribution < -0.4 is 4.90 Å². The fourth-order valence-corrected chi connectivity index (χ4v) is 3.65. The maximum atomic E-state index is 13.7. The summed E-state index contributed by atoms with van der Waals surface area (Å²) in [4.78, 5) is 16.1. The lowest BCUT2D eigenvalue weighted by atomic mass is 9.74. The topological polar surface area (TPSA) is 23.6 Å². The van der Waals surface area contributed by atoms with Gasteiger partial charge in [-0.2, -0.15) is 0 Å². The minimum atomic E-state index is -0.202. The zero-order valence-electron chi connectivity index (χ0n) is 12.2. The average molecular weight is 276 g/mol. The van der Waals surface area contributed by atoms with Crippen molar-refractivity contribution in [2.24, 2.45) is 0 Å². The van der Waals surface area contributed by atoms with Crippen molar-refractivity contribution in [1.82, 2.24) is 4.90 Å². The van der Waals surface area contributed by atoms with Gasteiger partial charge >= 0.3 is 0 Å². The smallest absolute Gasteiger partial charge is 0.223 e. The molecule has 1 saturated heterocycles. The van der Waals surface area contributed by atoms with E-state index in [9.17, 15) is 9.18 Å². The van der Waals surface area contributed by atoms with Gasteiger partial charge in [-0.25, -0.2) is 4.39 Å². The summed E-state index contributed by atoms with van der Waals surface area (Å²) < 4.78 is 13.7. The van der Waals surface area contributed by atoms with Crippen LogP contribution >= 0.6 is 0 Å². The van der Waals surface area contributed by atoms with Crippen LogP contribution in [0.1, 0.15) is 32.3 Å². The number of fused-ring (bicyclic) bond motifs is 2. The number of amides is 1. The molecule has 0 aromatic heterocycles. The molecular formula is C16H21FN2O. The van der Waals surface area contributed by atoms with Crippen LogP contribution in [-0.4, -0.2) is 37.0 Å². The third-order valence-electron chi connectivity index (χ3n) is 4.92. The molecular weight excluding hydrogens is 255 g/mol. The average Bonchev–Trinajstić information content (AvgIpc) is 2.75. The Balaban J connectivity index is 1.99. The number of hydrogen-bond acceptors (Lipinski definition) is 2. The molecule has 0 aliphatic carbocycles. The fraction of sp³-hybridized carbons (Fsp3) is 0.562. The minimum Gasteiger partial charge on any atom is -0.311 e. The quantitative estimate of drug-likeness (QED) is 0.787. The fourth-order valence-electron chi connectivity index (χ4n) is 3.65. The summed E-state index contributed by atoms with van der Waals surface area (Å²) in [6, 6.07) is 4.85. The number of nitrogens with zero attached hydrogens (tertiary/aromatic N) is 2. The maximum absolute atomic E-state index is 13.7. The molecule has 2 heterocycles. The second-order valence-corrected chi connectivity index (χ2v) is 5.98. The van der Waals surface area contributed by atoms with Crippen molar-refractivity contribution in [3.63, 3.8) is 0 Å². The molecule has 108 valence electrons. The summed E-state index contributed by atoms with van der Waals surface area (Å²) >= 11 is 0. The third kappa shape index (κ3) is 2.03. The van der Waals surface area contributed by atoms with Crippen molar-refractivity contribution < 1.29 is 9.18 Å². The van der Waals surface area contributed by atoms with Gasteiger partial charge in [-0.05, 0) is 56.2 Å². The number of carbonyl (C=O) groups excluding carboxylic acids is 1. The molecule has 1 aromatic rings. The van der Waals surface area contributed by atoms with Crippen molar-refractivity contribution >= 4 is 11.6 Å². The number of benzene rings is 1. The van der Waals surface area contributed by atoms with Crippen LogP contribution in [0.5, 0.6) is 0 Å². The van der Waals surface area contributed by atoms with E-state index in [1.165, 1.54) is 6.07 Å². The molecule has 1 amide bonds. The Bertz CT molecular complexity index is 535. The van der Waals surface area contributed by atoms with Crippen molar-refractivity contribution in [1.29, 1.82) is 0 Å². The van der Waals surface area contributed by atoms with Crippen molar-refractivity contribution in [2.75, 3.05) is 31.1 Å². The van der Waals surface area contributed by atoms with Crippen LogP contribution in [0, 0.1) is 5.82 Å². The Labute approximate surface area is 119 Å². The number of rotatable bonds is 1. The van der Waals surface area contributed by atoms with Crippen LogP contribution in [-0.2, 0) is 10.2 Å². The first kappa shape index (κ1) is 13.6. The monoisotopic (exact) mass is 276 g/mol. The van der Waals surface area contributed by atoms with Crippen molar-refractivity contribution in [3.8, 4) is 0 Å². The van der Waals surface area contributed by atoms with E-state index in [1.54, 1.807) is 19.1 Å². The number of carbonyl (C=O) groups is 1. The highest BCUT2D eigenvalue weighted by atomic mass is 19.1. The molecule has 4 heteroatoms. The summed E-state index contributed by atoms with van der Waals surface area (Å²) in [6.45, 7) is 7.58. The van der Waals surface area contributed by atoms with Gasteiger partial charge in [-0.15, -0.1) is 0 Å². The predicted molar refractivity (Wildman–Crippen MR) is 77.5 cm³/mol. The molecule has 0 N–H and O–H groups in total. The molecule has 1 spiro atoms. The highest BCUT2D eigenvalue weighted by Crippen LogP contribution is 2.47. The normalized spacial score (nSPS) is 21.2. The summed E-state index contributed by atoms with van der Waals surface area (Å²) in [6.07, 6.45) is 2.00. The molecule has 0 saturated carbocycles. The third-order valence-corrected chi connectivity index (χ3v) is 4.92. The lowest BCUT2D eigenvalue weighted by Crippen LogP contribution is -2.45. The number of likely N-dealkylation sites (tertiary alicyclic amines) is 1. The van der Waals surface area contributed by atoms with E-state index < -0.39 is 0 Å². The first-order valence-corrected chi connectivity index (χ1v) is 7.36. The molecule has 0 bridgehead atoms. The van der Waals surface area contributed by atoms with Crippen LogP contribution in [0.4, 0.5) is 10.1 Å². The predicted octanol–water partition coefficient (Wildman–Crippen LogP) is 2.55. The molecule has 0 unspecified atom stereocenters. The van der Waals surface area contributed by atoms with Gasteiger partial charge in [0.25, 0.3) is 0 Å². The van der Waals surface area contributed by atoms with Gasteiger partial charge in [-0.3, -0.25) is 4.79 Å². The second kappa shape index (κ2) is 4.85. The molecule has 3 nitrogen and oxygen atoms in total. The van der Waals surface area contributed by atoms with E-state index in [2.05, 4.69) is 11.8 Å². The van der Waals surface area contributed by atoms with E-state index in [-0.39, 0.29) is 17.1 Å². The first-order valence-electron chi connectivity index (χ1n) is 7.36. The molecule has 0 radical (unpaired) electrons. The van der Waals surface area contributed by atoms with E-state index in [0.717, 1.165) is 43.7 Å². The maximum Gasteiger partial charge on any atom is 0.223 e. The van der Waals surface area contributed by atoms with Gasteiger partial charge in [-0.1, -0.05) is 6.92 Å². The molecule has 2 aliphatic heterocycles. The Morgan fingerprint density at radius 1 is 1.35 bits per heavy atom. The van der Waals surface area contributed by atoms with E-state index in [4.69, 9.17) is 0 Å². The second-order valence-electron chi connectivity index (χ2n) is 5.98. The Hall–Kier alpha value is -1.42. The van der Waals surface area contributed by atoms with Gasteiger partial charge in [0.2, 0.25) is 5.91 Å². The summed E-state index contributed by atoms with van der Waals surface area (Å²) in [7, 11) is 0. The van der Waals surface area contributed by atoms with Crippen molar-refractivity contribution in [2.45, 2.75) is 32.1 Å². The number of halogens is 1. The number of piperidine rings is 1. The Morgan fingerprint density at radius 2 is 2.05 bits per heavy atom. The van der Waals surface area contributed by atoms with Gasteiger partial charge in [0.15, 0.2) is 0 Å². The van der Waals surface area contributed by atoms with Crippen LogP contribution in [0.2, 0.25) is 0 Å². The zero-order valence-corrected chi connectivity index (χ0v) is 12.2. The van der Waals surface area contributed by atoms with E-state index >= 15 is 0 Å². The molecule has 1 aromatic carbocycles. The Kier molecular flexibility index (Phi) is 3.28. The molecule has 1 fully saturated rings. The summed E-state index contributed by atoms with van der Waals surface area (Å²) in [5.41, 5.74) is 1.89.